The highest BCUT2D eigenvalue weighted by Gasteiger charge is 2.48. The van der Waals surface area contributed by atoms with E-state index in [-0.39, 0.29) is 19.8 Å². The highest BCUT2D eigenvalue weighted by Crippen LogP contribution is 2.27. The molecule has 0 spiro atoms. The van der Waals surface area contributed by atoms with Crippen molar-refractivity contribution in [3.8, 4) is 11.5 Å². The number of carbonyl (C=O) groups excluding carboxylic acids is 1. The van der Waals surface area contributed by atoms with E-state index in [0.717, 1.165) is 16.9 Å². The van der Waals surface area contributed by atoms with Gasteiger partial charge >= 0.3 is 5.97 Å². The van der Waals surface area contributed by atoms with Gasteiger partial charge in [0.25, 0.3) is 0 Å². The van der Waals surface area contributed by atoms with Gasteiger partial charge in [0.2, 0.25) is 0 Å². The molecule has 1 saturated heterocycles. The van der Waals surface area contributed by atoms with Crippen molar-refractivity contribution in [2.24, 2.45) is 0 Å². The van der Waals surface area contributed by atoms with E-state index in [0.29, 0.717) is 11.3 Å². The molecule has 3 aromatic rings. The van der Waals surface area contributed by atoms with E-state index in [4.69, 9.17) is 28.4 Å². The van der Waals surface area contributed by atoms with Gasteiger partial charge < -0.3 is 38.6 Å². The van der Waals surface area contributed by atoms with E-state index in [1.165, 1.54) is 0 Å². The molecule has 0 saturated carbocycles. The summed E-state index contributed by atoms with van der Waals surface area (Å²) in [5, 5.41) is 21.9. The molecule has 1 heterocycles. The molecule has 202 valence electrons. The minimum atomic E-state index is -1.54. The first kappa shape index (κ1) is 27.6. The second-order valence-electron chi connectivity index (χ2n) is 8.78. The van der Waals surface area contributed by atoms with Crippen LogP contribution in [-0.4, -0.2) is 67.7 Å². The minimum Gasteiger partial charge on any atom is -0.497 e. The van der Waals surface area contributed by atoms with Gasteiger partial charge in [0.1, 0.15) is 29.8 Å². The fourth-order valence-corrected chi connectivity index (χ4v) is 4.06. The Hall–Kier alpha value is -3.47. The average Bonchev–Trinajstić information content (AvgIpc) is 2.96. The summed E-state index contributed by atoms with van der Waals surface area (Å²) in [6.07, 6.45) is -6.06. The molecule has 3 aromatic carbocycles. The molecule has 0 amide bonds. The Morgan fingerprint density at radius 2 is 1.37 bits per heavy atom. The Morgan fingerprint density at radius 1 is 0.789 bits per heavy atom. The van der Waals surface area contributed by atoms with E-state index in [2.05, 4.69) is 0 Å². The lowest BCUT2D eigenvalue weighted by atomic mass is 9.98. The standard InChI is InChI=1S/C29H32O9/c1-33-22-12-8-19(9-13-22)16-35-18-24-25(30)26(36-17-20-10-14-23(34-2)15-11-20)27(29(32)37-24)38-28(31)21-6-4-3-5-7-21/h3-15,24-27,29-30,32H,16-18H2,1-2H3/t24-,25-,26+,27-,29-/m1/s1. The third-order valence-electron chi connectivity index (χ3n) is 6.20. The Labute approximate surface area is 221 Å². The van der Waals surface area contributed by atoms with E-state index in [9.17, 15) is 15.0 Å². The van der Waals surface area contributed by atoms with E-state index in [1.807, 2.05) is 36.4 Å². The summed E-state index contributed by atoms with van der Waals surface area (Å²) in [4.78, 5) is 12.7. The minimum absolute atomic E-state index is 0.0218. The van der Waals surface area contributed by atoms with E-state index >= 15 is 0 Å². The van der Waals surface area contributed by atoms with Gasteiger partial charge in [0.05, 0.1) is 39.6 Å². The molecule has 9 heteroatoms. The zero-order chi connectivity index (χ0) is 26.9. The summed E-state index contributed by atoms with van der Waals surface area (Å²) in [6, 6.07) is 23.0. The number of aliphatic hydroxyl groups excluding tert-OH is 2. The fourth-order valence-electron chi connectivity index (χ4n) is 4.06. The smallest absolute Gasteiger partial charge is 0.338 e. The third kappa shape index (κ3) is 7.09. The van der Waals surface area contributed by atoms with Crippen LogP contribution in [0.2, 0.25) is 0 Å². The lowest BCUT2D eigenvalue weighted by Crippen LogP contribution is -2.60. The fraction of sp³-hybridized carbons (Fsp3) is 0.345. The summed E-state index contributed by atoms with van der Waals surface area (Å²) in [5.41, 5.74) is 2.01. The Balaban J connectivity index is 1.44. The average molecular weight is 525 g/mol. The van der Waals surface area contributed by atoms with Crippen molar-refractivity contribution in [2.45, 2.75) is 43.9 Å². The van der Waals surface area contributed by atoms with E-state index in [1.54, 1.807) is 56.7 Å². The van der Waals surface area contributed by atoms with Crippen molar-refractivity contribution in [1.29, 1.82) is 0 Å². The molecular formula is C29H32O9. The predicted molar refractivity (Wildman–Crippen MR) is 137 cm³/mol. The first-order valence-corrected chi connectivity index (χ1v) is 12.2. The highest BCUT2D eigenvalue weighted by atomic mass is 16.7. The summed E-state index contributed by atoms with van der Waals surface area (Å²) in [7, 11) is 3.17. The molecule has 9 nitrogen and oxygen atoms in total. The first-order valence-electron chi connectivity index (χ1n) is 12.2. The van der Waals surface area contributed by atoms with Gasteiger partial charge in [-0.1, -0.05) is 42.5 Å². The molecule has 1 aliphatic rings. The highest BCUT2D eigenvalue weighted by molar-refractivity contribution is 5.89. The van der Waals surface area contributed by atoms with Crippen molar-refractivity contribution in [2.75, 3.05) is 20.8 Å². The van der Waals surface area contributed by atoms with Crippen LogP contribution in [0, 0.1) is 0 Å². The summed E-state index contributed by atoms with van der Waals surface area (Å²) < 4.78 is 33.3. The van der Waals surface area contributed by atoms with Crippen LogP contribution in [-0.2, 0) is 32.2 Å². The van der Waals surface area contributed by atoms with Gasteiger partial charge in [-0.15, -0.1) is 0 Å². The molecule has 0 aliphatic carbocycles. The molecule has 1 fully saturated rings. The van der Waals surface area contributed by atoms with Crippen LogP contribution in [0.25, 0.3) is 0 Å². The number of esters is 1. The van der Waals surface area contributed by atoms with Crippen molar-refractivity contribution in [1.82, 2.24) is 0 Å². The van der Waals surface area contributed by atoms with Gasteiger partial charge in [-0.3, -0.25) is 0 Å². The number of carbonyl (C=O) groups is 1. The normalized spacial score (nSPS) is 23.0. The number of methoxy groups -OCH3 is 2. The molecule has 0 radical (unpaired) electrons. The number of benzene rings is 3. The second kappa shape index (κ2) is 13.4. The van der Waals surface area contributed by atoms with Crippen molar-refractivity contribution in [3.05, 3.63) is 95.6 Å². The topological polar surface area (TPSA) is 113 Å². The van der Waals surface area contributed by atoms with Crippen molar-refractivity contribution < 1.29 is 43.4 Å². The maximum atomic E-state index is 12.7. The number of hydrogen-bond donors (Lipinski definition) is 2. The van der Waals surface area contributed by atoms with E-state index < -0.39 is 36.7 Å². The zero-order valence-electron chi connectivity index (χ0n) is 21.3. The maximum absolute atomic E-state index is 12.7. The zero-order valence-corrected chi connectivity index (χ0v) is 21.3. The summed E-state index contributed by atoms with van der Waals surface area (Å²) >= 11 is 0. The van der Waals surface area contributed by atoms with Gasteiger partial charge in [0.15, 0.2) is 12.4 Å². The van der Waals surface area contributed by atoms with Crippen LogP contribution in [0.1, 0.15) is 21.5 Å². The number of hydrogen-bond acceptors (Lipinski definition) is 9. The SMILES string of the molecule is COc1ccc(COC[C@H]2O[C@@H](O)[C@H](OC(=O)c3ccccc3)[C@@H](OCc3ccc(OC)cc3)[C@@H]2O)cc1. The Bertz CT molecular complexity index is 1130. The van der Waals surface area contributed by atoms with Gasteiger partial charge in [-0.2, -0.15) is 0 Å². The molecule has 38 heavy (non-hydrogen) atoms. The molecular weight excluding hydrogens is 492 g/mol. The largest absolute Gasteiger partial charge is 0.497 e. The first-order chi connectivity index (χ1) is 18.5. The quantitative estimate of drug-likeness (QED) is 0.365. The molecule has 4 rings (SSSR count). The molecule has 5 atom stereocenters. The van der Waals surface area contributed by atoms with Crippen LogP contribution in [0.3, 0.4) is 0 Å². The van der Waals surface area contributed by atoms with Gasteiger partial charge in [-0.25, -0.2) is 4.79 Å². The Morgan fingerprint density at radius 3 is 1.95 bits per heavy atom. The maximum Gasteiger partial charge on any atom is 0.338 e. The number of aliphatic hydroxyl groups is 2. The molecule has 2 N–H and O–H groups in total. The molecule has 0 bridgehead atoms. The van der Waals surface area contributed by atoms with Crippen LogP contribution in [0.15, 0.2) is 78.9 Å². The molecule has 1 aliphatic heterocycles. The summed E-state index contributed by atoms with van der Waals surface area (Å²) in [6.45, 7) is 0.333. The van der Waals surface area contributed by atoms with Crippen molar-refractivity contribution >= 4 is 5.97 Å². The van der Waals surface area contributed by atoms with Crippen molar-refractivity contribution in [3.63, 3.8) is 0 Å². The number of ether oxygens (including phenoxy) is 6. The van der Waals surface area contributed by atoms with Crippen LogP contribution < -0.4 is 9.47 Å². The summed E-state index contributed by atoms with van der Waals surface area (Å²) in [5.74, 6) is 0.757. The lowest BCUT2D eigenvalue weighted by molar-refractivity contribution is -0.297. The molecule has 0 unspecified atom stereocenters. The van der Waals surface area contributed by atoms with Gasteiger partial charge in [0, 0.05) is 0 Å². The van der Waals surface area contributed by atoms with Crippen LogP contribution in [0.4, 0.5) is 0 Å². The lowest BCUT2D eigenvalue weighted by Gasteiger charge is -2.42. The Kier molecular flexibility index (Phi) is 9.69. The number of rotatable bonds is 11. The molecule has 0 aromatic heterocycles. The second-order valence-corrected chi connectivity index (χ2v) is 8.78. The monoisotopic (exact) mass is 524 g/mol. The predicted octanol–water partition coefficient (Wildman–Crippen LogP) is 3.11. The van der Waals surface area contributed by atoms with Crippen LogP contribution in [0.5, 0.6) is 11.5 Å². The van der Waals surface area contributed by atoms with Gasteiger partial charge in [-0.05, 0) is 47.5 Å². The van der Waals surface area contributed by atoms with Crippen LogP contribution >= 0.6 is 0 Å². The third-order valence-corrected chi connectivity index (χ3v) is 6.20.